The molecule has 1 amide bonds. The van der Waals surface area contributed by atoms with Gasteiger partial charge < -0.3 is 10.1 Å². The molecule has 1 unspecified atom stereocenters. The van der Waals surface area contributed by atoms with Gasteiger partial charge in [0.15, 0.2) is 6.10 Å². The van der Waals surface area contributed by atoms with Gasteiger partial charge in [0.1, 0.15) is 0 Å². The number of hydrogen-bond donors (Lipinski definition) is 1. The van der Waals surface area contributed by atoms with E-state index in [1.165, 1.54) is 24.3 Å². The first-order valence-electron chi connectivity index (χ1n) is 8.99. The minimum absolute atomic E-state index is 0.124. The van der Waals surface area contributed by atoms with E-state index in [1.54, 1.807) is 54.4 Å². The number of esters is 1. The number of ether oxygens (including phenoxy) is 1. The van der Waals surface area contributed by atoms with Crippen LogP contribution in [0.15, 0.2) is 41.8 Å². The zero-order chi connectivity index (χ0) is 21.1. The van der Waals surface area contributed by atoms with Gasteiger partial charge in [0.2, 0.25) is 5.78 Å². The minimum Gasteiger partial charge on any atom is -0.449 e. The Morgan fingerprint density at radius 3 is 2.38 bits per heavy atom. The van der Waals surface area contributed by atoms with Crippen molar-refractivity contribution in [2.75, 3.05) is 5.32 Å². The molecule has 150 valence electrons. The molecule has 0 spiro atoms. The van der Waals surface area contributed by atoms with Gasteiger partial charge in [-0.15, -0.1) is 11.3 Å². The molecule has 0 aliphatic heterocycles. The lowest BCUT2D eigenvalue weighted by Crippen LogP contribution is -2.30. The Hall–Kier alpha value is -3.26. The number of aryl methyl sites for hydroxylation is 2. The molecular formula is C21H21N3O4S. The Balaban J connectivity index is 1.75. The smallest absolute Gasteiger partial charge is 0.339 e. The molecule has 1 N–H and O–H groups in total. The van der Waals surface area contributed by atoms with E-state index in [9.17, 15) is 14.4 Å². The fourth-order valence-electron chi connectivity index (χ4n) is 2.86. The van der Waals surface area contributed by atoms with Gasteiger partial charge in [-0.1, -0.05) is 24.3 Å². The van der Waals surface area contributed by atoms with E-state index < -0.39 is 18.0 Å². The topological polar surface area (TPSA) is 90.3 Å². The highest BCUT2D eigenvalue weighted by Gasteiger charge is 2.25. The van der Waals surface area contributed by atoms with Gasteiger partial charge in [0, 0.05) is 12.6 Å². The molecule has 1 atom stereocenters. The number of thiophene rings is 1. The maximum atomic E-state index is 12.7. The summed E-state index contributed by atoms with van der Waals surface area (Å²) in [6, 6.07) is 9.89. The van der Waals surface area contributed by atoms with Crippen molar-refractivity contribution in [2.45, 2.75) is 26.9 Å². The number of carbonyl (C=O) groups excluding carboxylic acids is 3. The Morgan fingerprint density at radius 2 is 1.79 bits per heavy atom. The monoisotopic (exact) mass is 411 g/mol. The van der Waals surface area contributed by atoms with Gasteiger partial charge in [0.05, 0.1) is 27.5 Å². The number of nitrogens with zero attached hydrogens (tertiary/aromatic N) is 2. The number of carbonyl (C=O) groups is 3. The van der Waals surface area contributed by atoms with Gasteiger partial charge >= 0.3 is 5.97 Å². The van der Waals surface area contributed by atoms with Crippen molar-refractivity contribution >= 4 is 34.7 Å². The molecule has 29 heavy (non-hydrogen) atoms. The minimum atomic E-state index is -1.05. The number of aromatic nitrogens is 2. The van der Waals surface area contributed by atoms with Crippen molar-refractivity contribution in [3.05, 3.63) is 69.2 Å². The van der Waals surface area contributed by atoms with E-state index in [0.29, 0.717) is 16.3 Å². The van der Waals surface area contributed by atoms with E-state index in [4.69, 9.17) is 4.74 Å². The van der Waals surface area contributed by atoms with E-state index in [2.05, 4.69) is 10.4 Å². The van der Waals surface area contributed by atoms with Crippen LogP contribution in [0.5, 0.6) is 0 Å². The van der Waals surface area contributed by atoms with Crippen LogP contribution in [0.4, 0.5) is 5.69 Å². The summed E-state index contributed by atoms with van der Waals surface area (Å²) in [4.78, 5) is 38.4. The van der Waals surface area contributed by atoms with Crippen LogP contribution in [-0.2, 0) is 16.6 Å². The molecule has 2 heterocycles. The maximum absolute atomic E-state index is 12.7. The summed E-state index contributed by atoms with van der Waals surface area (Å²) in [6.07, 6.45) is -1.05. The number of amides is 1. The Labute approximate surface area is 172 Å². The third kappa shape index (κ3) is 4.27. The van der Waals surface area contributed by atoms with Crippen molar-refractivity contribution in [3.8, 4) is 0 Å². The highest BCUT2D eigenvalue weighted by Crippen LogP contribution is 2.21. The summed E-state index contributed by atoms with van der Waals surface area (Å²) in [7, 11) is 1.78. The van der Waals surface area contributed by atoms with Gasteiger partial charge in [-0.3, -0.25) is 14.3 Å². The first kappa shape index (κ1) is 20.5. The molecule has 0 saturated heterocycles. The van der Waals surface area contributed by atoms with Crippen LogP contribution in [0.3, 0.4) is 0 Å². The summed E-state index contributed by atoms with van der Waals surface area (Å²) in [5, 5.41) is 8.79. The molecule has 3 rings (SSSR count). The fraction of sp³-hybridized carbons (Fsp3) is 0.238. The molecule has 8 heteroatoms. The molecule has 0 radical (unpaired) electrons. The summed E-state index contributed by atoms with van der Waals surface area (Å²) in [5.74, 6) is -1.46. The maximum Gasteiger partial charge on any atom is 0.339 e. The zero-order valence-electron chi connectivity index (χ0n) is 16.6. The van der Waals surface area contributed by atoms with Crippen molar-refractivity contribution in [3.63, 3.8) is 0 Å². The summed E-state index contributed by atoms with van der Waals surface area (Å²) in [6.45, 7) is 5.10. The molecule has 0 aliphatic rings. The number of rotatable bonds is 6. The molecule has 2 aromatic heterocycles. The van der Waals surface area contributed by atoms with Crippen LogP contribution in [-0.4, -0.2) is 33.5 Å². The average Bonchev–Trinajstić information content (AvgIpc) is 3.32. The molecule has 0 fully saturated rings. The highest BCUT2D eigenvalue weighted by molar-refractivity contribution is 7.12. The number of nitrogens with one attached hydrogen (secondary N) is 1. The van der Waals surface area contributed by atoms with E-state index >= 15 is 0 Å². The largest absolute Gasteiger partial charge is 0.449 e. The van der Waals surface area contributed by atoms with Gasteiger partial charge in [0.25, 0.3) is 5.91 Å². The van der Waals surface area contributed by atoms with Crippen molar-refractivity contribution < 1.29 is 19.1 Å². The fourth-order valence-corrected chi connectivity index (χ4v) is 3.53. The SMILES string of the molecule is Cc1nn(C)c(C)c1NC(=O)C(C)OC(=O)c1ccccc1C(=O)c1cccs1. The van der Waals surface area contributed by atoms with E-state index in [-0.39, 0.29) is 16.9 Å². The second-order valence-corrected chi connectivity index (χ2v) is 7.51. The number of ketones is 1. The lowest BCUT2D eigenvalue weighted by atomic mass is 10.0. The number of hydrogen-bond acceptors (Lipinski definition) is 6. The number of benzene rings is 1. The standard InChI is InChI=1S/C21H21N3O4S/c1-12-18(13(2)24(4)23-12)22-20(26)14(3)28-21(27)16-9-6-5-8-15(16)19(25)17-10-7-11-29-17/h5-11,14H,1-4H3,(H,22,26). The van der Waals surface area contributed by atoms with Crippen LogP contribution in [0.2, 0.25) is 0 Å². The van der Waals surface area contributed by atoms with Crippen LogP contribution in [0.1, 0.15) is 43.9 Å². The highest BCUT2D eigenvalue weighted by atomic mass is 32.1. The second-order valence-electron chi connectivity index (χ2n) is 6.56. The summed E-state index contributed by atoms with van der Waals surface area (Å²) < 4.78 is 7.00. The van der Waals surface area contributed by atoms with Crippen molar-refractivity contribution in [2.24, 2.45) is 7.05 Å². The lowest BCUT2D eigenvalue weighted by molar-refractivity contribution is -0.123. The summed E-state index contributed by atoms with van der Waals surface area (Å²) >= 11 is 1.30. The van der Waals surface area contributed by atoms with E-state index in [1.807, 2.05) is 6.92 Å². The van der Waals surface area contributed by atoms with Crippen molar-refractivity contribution in [1.82, 2.24) is 9.78 Å². The Bertz CT molecular complexity index is 1070. The normalized spacial score (nSPS) is 11.7. The average molecular weight is 411 g/mol. The summed E-state index contributed by atoms with van der Waals surface area (Å²) in [5.41, 5.74) is 2.42. The first-order chi connectivity index (χ1) is 13.8. The molecule has 7 nitrogen and oxygen atoms in total. The molecular weight excluding hydrogens is 390 g/mol. The van der Waals surface area contributed by atoms with E-state index in [0.717, 1.165) is 5.69 Å². The first-order valence-corrected chi connectivity index (χ1v) is 9.86. The molecule has 1 aromatic carbocycles. The second kappa shape index (κ2) is 8.40. The Kier molecular flexibility index (Phi) is 5.93. The Morgan fingerprint density at radius 1 is 1.10 bits per heavy atom. The third-order valence-corrected chi connectivity index (χ3v) is 5.42. The quantitative estimate of drug-likeness (QED) is 0.495. The van der Waals surface area contributed by atoms with Crippen molar-refractivity contribution in [1.29, 1.82) is 0 Å². The third-order valence-electron chi connectivity index (χ3n) is 4.55. The zero-order valence-corrected chi connectivity index (χ0v) is 17.4. The predicted molar refractivity (Wildman–Crippen MR) is 110 cm³/mol. The molecule has 0 saturated carbocycles. The van der Waals surface area contributed by atoms with Crippen LogP contribution in [0.25, 0.3) is 0 Å². The predicted octanol–water partition coefficient (Wildman–Crippen LogP) is 3.51. The van der Waals surface area contributed by atoms with Gasteiger partial charge in [-0.2, -0.15) is 5.10 Å². The number of anilines is 1. The van der Waals surface area contributed by atoms with Crippen LogP contribution >= 0.6 is 11.3 Å². The van der Waals surface area contributed by atoms with Gasteiger partial charge in [-0.25, -0.2) is 4.79 Å². The van der Waals surface area contributed by atoms with Gasteiger partial charge in [-0.05, 0) is 38.3 Å². The molecule has 0 aliphatic carbocycles. The lowest BCUT2D eigenvalue weighted by Gasteiger charge is -2.15. The molecule has 3 aromatic rings. The van der Waals surface area contributed by atoms with Crippen LogP contribution in [0, 0.1) is 13.8 Å². The van der Waals surface area contributed by atoms with Crippen LogP contribution < -0.4 is 5.32 Å². The molecule has 0 bridgehead atoms.